The van der Waals surface area contributed by atoms with Crippen molar-refractivity contribution < 1.29 is 4.79 Å². The molecule has 0 saturated carbocycles. The van der Waals surface area contributed by atoms with E-state index in [-0.39, 0.29) is 6.03 Å². The molecule has 1 aromatic heterocycles. The molecular weight excluding hydrogens is 282 g/mol. The summed E-state index contributed by atoms with van der Waals surface area (Å²) in [4.78, 5) is 17.8. The van der Waals surface area contributed by atoms with Crippen LogP contribution in [0.4, 0.5) is 4.79 Å². The second kappa shape index (κ2) is 8.39. The van der Waals surface area contributed by atoms with Gasteiger partial charge in [0.1, 0.15) is 0 Å². The number of hydrogen-bond donors (Lipinski definition) is 1. The van der Waals surface area contributed by atoms with Gasteiger partial charge in [-0.3, -0.25) is 4.90 Å². The first kappa shape index (κ1) is 16.3. The minimum Gasteiger partial charge on any atom is -0.338 e. The summed E-state index contributed by atoms with van der Waals surface area (Å²) < 4.78 is 0. The predicted octanol–water partition coefficient (Wildman–Crippen LogP) is 2.81. The third kappa shape index (κ3) is 4.71. The molecule has 1 aliphatic rings. The SMILES string of the molecule is CCCN(CCC)C1CN(C(=O)NCCc2cccs2)C1. The first-order chi connectivity index (χ1) is 10.2. The molecule has 0 aromatic carbocycles. The maximum absolute atomic E-state index is 12.0. The summed E-state index contributed by atoms with van der Waals surface area (Å²) in [6.07, 6.45) is 3.30. The van der Waals surface area contributed by atoms with Crippen molar-refractivity contribution in [3.05, 3.63) is 22.4 Å². The third-order valence-electron chi connectivity index (χ3n) is 3.92. The van der Waals surface area contributed by atoms with Gasteiger partial charge in [-0.2, -0.15) is 0 Å². The van der Waals surface area contributed by atoms with Crippen molar-refractivity contribution in [2.75, 3.05) is 32.7 Å². The van der Waals surface area contributed by atoms with Crippen LogP contribution in [0.25, 0.3) is 0 Å². The van der Waals surface area contributed by atoms with Crippen LogP contribution in [0.3, 0.4) is 0 Å². The highest BCUT2D eigenvalue weighted by atomic mass is 32.1. The van der Waals surface area contributed by atoms with Gasteiger partial charge in [0.2, 0.25) is 0 Å². The quantitative estimate of drug-likeness (QED) is 0.801. The summed E-state index contributed by atoms with van der Waals surface area (Å²) in [5.74, 6) is 0. The molecule has 1 fully saturated rings. The van der Waals surface area contributed by atoms with E-state index in [0.717, 1.165) is 39.1 Å². The molecule has 2 amide bonds. The fourth-order valence-corrected chi connectivity index (χ4v) is 3.47. The fourth-order valence-electron chi connectivity index (χ4n) is 2.76. The van der Waals surface area contributed by atoms with Gasteiger partial charge in [-0.05, 0) is 43.8 Å². The maximum atomic E-state index is 12.0. The third-order valence-corrected chi connectivity index (χ3v) is 4.85. The van der Waals surface area contributed by atoms with Crippen LogP contribution >= 0.6 is 11.3 Å². The molecule has 2 rings (SSSR count). The van der Waals surface area contributed by atoms with E-state index in [4.69, 9.17) is 0 Å². The number of thiophene rings is 1. The number of nitrogens with zero attached hydrogens (tertiary/aromatic N) is 2. The second-order valence-electron chi connectivity index (χ2n) is 5.66. The molecule has 5 heteroatoms. The molecule has 1 aromatic rings. The first-order valence-electron chi connectivity index (χ1n) is 8.03. The van der Waals surface area contributed by atoms with Crippen LogP contribution in [0.15, 0.2) is 17.5 Å². The summed E-state index contributed by atoms with van der Waals surface area (Å²) in [6.45, 7) is 9.22. The molecule has 1 N–H and O–H groups in total. The molecular formula is C16H27N3OS. The Bertz CT molecular complexity index is 409. The molecule has 1 saturated heterocycles. The Morgan fingerprint density at radius 1 is 1.38 bits per heavy atom. The average molecular weight is 309 g/mol. The van der Waals surface area contributed by atoms with E-state index in [2.05, 4.69) is 41.6 Å². The Kier molecular flexibility index (Phi) is 6.51. The Hall–Kier alpha value is -1.07. The minimum absolute atomic E-state index is 0.0933. The van der Waals surface area contributed by atoms with E-state index >= 15 is 0 Å². The van der Waals surface area contributed by atoms with E-state index in [1.54, 1.807) is 11.3 Å². The van der Waals surface area contributed by atoms with Crippen LogP contribution < -0.4 is 5.32 Å². The van der Waals surface area contributed by atoms with Crippen molar-refractivity contribution in [3.63, 3.8) is 0 Å². The lowest BCUT2D eigenvalue weighted by Crippen LogP contribution is -2.63. The molecule has 0 bridgehead atoms. The van der Waals surface area contributed by atoms with Crippen LogP contribution in [0.2, 0.25) is 0 Å². The van der Waals surface area contributed by atoms with Crippen LogP contribution in [-0.2, 0) is 6.42 Å². The molecule has 1 aliphatic heterocycles. The maximum Gasteiger partial charge on any atom is 0.317 e. The highest BCUT2D eigenvalue weighted by molar-refractivity contribution is 7.09. The zero-order chi connectivity index (χ0) is 15.1. The largest absolute Gasteiger partial charge is 0.338 e. The molecule has 0 spiro atoms. The van der Waals surface area contributed by atoms with Crippen molar-refractivity contribution in [3.8, 4) is 0 Å². The number of amides is 2. The van der Waals surface area contributed by atoms with E-state index < -0.39 is 0 Å². The van der Waals surface area contributed by atoms with Gasteiger partial charge in [0.15, 0.2) is 0 Å². The molecule has 21 heavy (non-hydrogen) atoms. The Balaban J connectivity index is 1.64. The smallest absolute Gasteiger partial charge is 0.317 e. The van der Waals surface area contributed by atoms with E-state index in [9.17, 15) is 4.79 Å². The van der Waals surface area contributed by atoms with Crippen molar-refractivity contribution in [1.82, 2.24) is 15.1 Å². The first-order valence-corrected chi connectivity index (χ1v) is 8.91. The number of carbonyl (C=O) groups is 1. The van der Waals surface area contributed by atoms with Gasteiger partial charge in [-0.1, -0.05) is 19.9 Å². The zero-order valence-corrected chi connectivity index (χ0v) is 14.0. The van der Waals surface area contributed by atoms with Crippen LogP contribution in [0.1, 0.15) is 31.6 Å². The molecule has 118 valence electrons. The normalized spacial score (nSPS) is 15.3. The van der Waals surface area contributed by atoms with Crippen LogP contribution in [-0.4, -0.2) is 54.6 Å². The lowest BCUT2D eigenvalue weighted by atomic mass is 10.1. The Morgan fingerprint density at radius 2 is 2.10 bits per heavy atom. The number of hydrogen-bond acceptors (Lipinski definition) is 3. The highest BCUT2D eigenvalue weighted by Gasteiger charge is 2.33. The van der Waals surface area contributed by atoms with E-state index in [1.807, 2.05) is 4.90 Å². The number of urea groups is 1. The van der Waals surface area contributed by atoms with Gasteiger partial charge < -0.3 is 10.2 Å². The van der Waals surface area contributed by atoms with Crippen molar-refractivity contribution in [1.29, 1.82) is 0 Å². The van der Waals surface area contributed by atoms with Gasteiger partial charge in [-0.15, -0.1) is 11.3 Å². The van der Waals surface area contributed by atoms with Gasteiger partial charge in [0, 0.05) is 30.6 Å². The standard InChI is InChI=1S/C16H27N3OS/c1-3-9-18(10-4-2)14-12-19(13-14)16(20)17-8-7-15-6-5-11-21-15/h5-6,11,14H,3-4,7-10,12-13H2,1-2H3,(H,17,20). The van der Waals surface area contributed by atoms with E-state index in [1.165, 1.54) is 17.7 Å². The molecule has 0 atom stereocenters. The highest BCUT2D eigenvalue weighted by Crippen LogP contribution is 2.16. The summed E-state index contributed by atoms with van der Waals surface area (Å²) in [7, 11) is 0. The zero-order valence-electron chi connectivity index (χ0n) is 13.2. The van der Waals surface area contributed by atoms with Gasteiger partial charge >= 0.3 is 6.03 Å². The average Bonchev–Trinajstić information content (AvgIpc) is 2.90. The number of rotatable bonds is 8. The summed E-state index contributed by atoms with van der Waals surface area (Å²) in [5, 5.41) is 5.10. The molecule has 0 unspecified atom stereocenters. The Labute approximate surface area is 132 Å². The minimum atomic E-state index is 0.0933. The lowest BCUT2D eigenvalue weighted by molar-refractivity contribution is 0.0566. The number of carbonyl (C=O) groups excluding carboxylic acids is 1. The van der Waals surface area contributed by atoms with Crippen LogP contribution in [0.5, 0.6) is 0 Å². The van der Waals surface area contributed by atoms with Crippen molar-refractivity contribution in [2.45, 2.75) is 39.2 Å². The lowest BCUT2D eigenvalue weighted by Gasteiger charge is -2.45. The molecule has 2 heterocycles. The number of nitrogens with one attached hydrogen (secondary N) is 1. The van der Waals surface area contributed by atoms with Crippen molar-refractivity contribution in [2.24, 2.45) is 0 Å². The topological polar surface area (TPSA) is 35.6 Å². The summed E-state index contributed by atoms with van der Waals surface area (Å²) in [6, 6.07) is 4.82. The van der Waals surface area contributed by atoms with Gasteiger partial charge in [-0.25, -0.2) is 4.79 Å². The van der Waals surface area contributed by atoms with E-state index in [0.29, 0.717) is 6.04 Å². The monoisotopic (exact) mass is 309 g/mol. The summed E-state index contributed by atoms with van der Waals surface area (Å²) >= 11 is 1.75. The molecule has 0 aliphatic carbocycles. The predicted molar refractivity (Wildman–Crippen MR) is 88.9 cm³/mol. The molecule has 4 nitrogen and oxygen atoms in total. The second-order valence-corrected chi connectivity index (χ2v) is 6.69. The van der Waals surface area contributed by atoms with Gasteiger partial charge in [0.05, 0.1) is 0 Å². The summed E-state index contributed by atoms with van der Waals surface area (Å²) in [5.41, 5.74) is 0. The molecule has 0 radical (unpaired) electrons. The fraction of sp³-hybridized carbons (Fsp3) is 0.688. The van der Waals surface area contributed by atoms with Gasteiger partial charge in [0.25, 0.3) is 0 Å². The van der Waals surface area contributed by atoms with Crippen LogP contribution in [0, 0.1) is 0 Å². The van der Waals surface area contributed by atoms with Crippen molar-refractivity contribution >= 4 is 17.4 Å². The number of likely N-dealkylation sites (tertiary alicyclic amines) is 1. The Morgan fingerprint density at radius 3 is 2.67 bits per heavy atom.